The normalized spacial score (nSPS) is 21.9. The Kier molecular flexibility index (Phi) is 4.62. The van der Waals surface area contributed by atoms with Crippen molar-refractivity contribution in [3.05, 3.63) is 35.4 Å². The lowest BCUT2D eigenvalue weighted by atomic mass is 9.98. The monoisotopic (exact) mass is 317 g/mol. The maximum atomic E-state index is 5.99. The average molecular weight is 317 g/mol. The average Bonchev–Trinajstić information content (AvgIpc) is 2.94. The van der Waals surface area contributed by atoms with E-state index in [1.54, 1.807) is 0 Å². The number of ether oxygens (including phenoxy) is 1. The third kappa shape index (κ3) is 3.09. The standard InChI is InChI=1S/C17H23N3OS/c1-12-7-4-5-10-15(12)11-21-17-16(18-22-19-17)20-13(2)8-6-9-14(20)3/h4-5,7,10,13-14H,6,8-9,11H2,1-3H3. The fraction of sp³-hybridized carbons (Fsp3) is 0.529. The van der Waals surface area contributed by atoms with Crippen LogP contribution in [0.4, 0.5) is 5.82 Å². The van der Waals surface area contributed by atoms with E-state index in [9.17, 15) is 0 Å². The van der Waals surface area contributed by atoms with Gasteiger partial charge >= 0.3 is 0 Å². The number of anilines is 1. The first-order valence-electron chi connectivity index (χ1n) is 7.95. The molecule has 0 spiro atoms. The maximum Gasteiger partial charge on any atom is 0.271 e. The minimum Gasteiger partial charge on any atom is -0.470 e. The topological polar surface area (TPSA) is 38.3 Å². The Labute approximate surface area is 136 Å². The van der Waals surface area contributed by atoms with Crippen LogP contribution < -0.4 is 9.64 Å². The summed E-state index contributed by atoms with van der Waals surface area (Å²) in [5.74, 6) is 1.59. The number of aryl methyl sites for hydroxylation is 1. The van der Waals surface area contributed by atoms with Crippen LogP contribution in [-0.4, -0.2) is 20.8 Å². The lowest BCUT2D eigenvalue weighted by Crippen LogP contribution is -2.44. The highest BCUT2D eigenvalue weighted by atomic mass is 32.1. The van der Waals surface area contributed by atoms with Crippen LogP contribution in [0.15, 0.2) is 24.3 Å². The molecule has 0 saturated carbocycles. The summed E-state index contributed by atoms with van der Waals surface area (Å²) in [7, 11) is 0. The predicted octanol–water partition coefficient (Wildman–Crippen LogP) is 4.19. The van der Waals surface area contributed by atoms with Crippen LogP contribution in [0.2, 0.25) is 0 Å². The minimum atomic E-state index is 0.494. The van der Waals surface area contributed by atoms with E-state index in [4.69, 9.17) is 4.74 Å². The van der Waals surface area contributed by atoms with Crippen molar-refractivity contribution >= 4 is 17.5 Å². The van der Waals surface area contributed by atoms with E-state index in [1.165, 1.54) is 42.1 Å². The lowest BCUT2D eigenvalue weighted by Gasteiger charge is -2.39. The fourth-order valence-corrected chi connectivity index (χ4v) is 3.68. The number of hydrogen-bond donors (Lipinski definition) is 0. The molecule has 2 aromatic rings. The van der Waals surface area contributed by atoms with Gasteiger partial charge in [0, 0.05) is 12.1 Å². The molecule has 2 unspecified atom stereocenters. The highest BCUT2D eigenvalue weighted by Crippen LogP contribution is 2.34. The van der Waals surface area contributed by atoms with Crippen LogP contribution in [-0.2, 0) is 6.61 Å². The molecule has 0 amide bonds. The Hall–Kier alpha value is -1.62. The van der Waals surface area contributed by atoms with Gasteiger partial charge in [-0.05, 0) is 51.2 Å². The van der Waals surface area contributed by atoms with Gasteiger partial charge in [-0.15, -0.1) is 4.37 Å². The Morgan fingerprint density at radius 1 is 1.18 bits per heavy atom. The molecule has 22 heavy (non-hydrogen) atoms. The van der Waals surface area contributed by atoms with Gasteiger partial charge in [0.2, 0.25) is 5.82 Å². The lowest BCUT2D eigenvalue weighted by molar-refractivity contribution is 0.292. The number of piperidine rings is 1. The van der Waals surface area contributed by atoms with Gasteiger partial charge in [-0.2, -0.15) is 4.37 Å². The Morgan fingerprint density at radius 2 is 1.91 bits per heavy atom. The van der Waals surface area contributed by atoms with Gasteiger partial charge in [-0.1, -0.05) is 24.3 Å². The molecule has 0 bridgehead atoms. The molecule has 1 aliphatic rings. The molecule has 5 heteroatoms. The van der Waals surface area contributed by atoms with Crippen molar-refractivity contribution in [3.8, 4) is 5.88 Å². The maximum absolute atomic E-state index is 5.99. The van der Waals surface area contributed by atoms with E-state index in [1.807, 2.05) is 12.1 Å². The van der Waals surface area contributed by atoms with Gasteiger partial charge in [-0.25, -0.2) is 0 Å². The molecule has 4 nitrogen and oxygen atoms in total. The zero-order chi connectivity index (χ0) is 15.5. The molecule has 1 fully saturated rings. The molecule has 0 N–H and O–H groups in total. The third-order valence-electron chi connectivity index (χ3n) is 4.51. The van der Waals surface area contributed by atoms with Crippen LogP contribution in [0.3, 0.4) is 0 Å². The Balaban J connectivity index is 1.76. The molecular weight excluding hydrogens is 294 g/mol. The van der Waals surface area contributed by atoms with Gasteiger partial charge in [0.25, 0.3) is 5.88 Å². The first-order chi connectivity index (χ1) is 10.7. The van der Waals surface area contributed by atoms with E-state index in [2.05, 4.69) is 46.6 Å². The summed E-state index contributed by atoms with van der Waals surface area (Å²) in [5, 5.41) is 0. The Morgan fingerprint density at radius 3 is 2.64 bits per heavy atom. The number of rotatable bonds is 4. The molecule has 1 aliphatic heterocycles. The third-order valence-corrected chi connectivity index (χ3v) is 5.01. The Bertz CT molecular complexity index is 618. The molecule has 2 atom stereocenters. The quantitative estimate of drug-likeness (QED) is 0.847. The van der Waals surface area contributed by atoms with Crippen LogP contribution in [0, 0.1) is 6.92 Å². The second kappa shape index (κ2) is 6.65. The minimum absolute atomic E-state index is 0.494. The second-order valence-electron chi connectivity index (χ2n) is 6.14. The first-order valence-corrected chi connectivity index (χ1v) is 8.68. The van der Waals surface area contributed by atoms with Crippen molar-refractivity contribution in [3.63, 3.8) is 0 Å². The fourth-order valence-electron chi connectivity index (χ4n) is 3.18. The molecule has 1 aromatic heterocycles. The summed E-state index contributed by atoms with van der Waals surface area (Å²) < 4.78 is 14.9. The largest absolute Gasteiger partial charge is 0.470 e. The van der Waals surface area contributed by atoms with Crippen LogP contribution in [0.1, 0.15) is 44.2 Å². The van der Waals surface area contributed by atoms with Crippen LogP contribution in [0.5, 0.6) is 5.88 Å². The zero-order valence-electron chi connectivity index (χ0n) is 13.5. The molecule has 118 valence electrons. The van der Waals surface area contributed by atoms with E-state index in [-0.39, 0.29) is 0 Å². The summed E-state index contributed by atoms with van der Waals surface area (Å²) >= 11 is 1.24. The molecular formula is C17H23N3OS. The SMILES string of the molecule is Cc1ccccc1COc1nsnc1N1C(C)CCCC1C. The molecule has 1 aromatic carbocycles. The summed E-state index contributed by atoms with van der Waals surface area (Å²) in [5.41, 5.74) is 2.44. The van der Waals surface area contributed by atoms with E-state index >= 15 is 0 Å². The second-order valence-corrected chi connectivity index (χ2v) is 6.67. The van der Waals surface area contributed by atoms with Gasteiger partial charge < -0.3 is 9.64 Å². The number of benzene rings is 1. The zero-order valence-corrected chi connectivity index (χ0v) is 14.3. The van der Waals surface area contributed by atoms with Gasteiger partial charge in [-0.3, -0.25) is 0 Å². The summed E-state index contributed by atoms with van der Waals surface area (Å²) in [6, 6.07) is 9.28. The summed E-state index contributed by atoms with van der Waals surface area (Å²) in [6.45, 7) is 7.18. The van der Waals surface area contributed by atoms with E-state index in [0.717, 1.165) is 5.82 Å². The molecule has 3 rings (SSSR count). The van der Waals surface area contributed by atoms with Crippen LogP contribution in [0.25, 0.3) is 0 Å². The van der Waals surface area contributed by atoms with Gasteiger partial charge in [0.05, 0.1) is 11.7 Å². The van der Waals surface area contributed by atoms with Gasteiger partial charge in [0.1, 0.15) is 6.61 Å². The van der Waals surface area contributed by atoms with Crippen LogP contribution >= 0.6 is 11.7 Å². The molecule has 1 saturated heterocycles. The van der Waals surface area contributed by atoms with Crippen molar-refractivity contribution < 1.29 is 4.74 Å². The van der Waals surface area contributed by atoms with E-state index < -0.39 is 0 Å². The van der Waals surface area contributed by atoms with Crippen molar-refractivity contribution in [1.82, 2.24) is 8.75 Å². The van der Waals surface area contributed by atoms with Crippen molar-refractivity contribution in [2.45, 2.75) is 58.7 Å². The number of nitrogens with zero attached hydrogens (tertiary/aromatic N) is 3. The van der Waals surface area contributed by atoms with Crippen molar-refractivity contribution in [1.29, 1.82) is 0 Å². The number of hydrogen-bond acceptors (Lipinski definition) is 5. The molecule has 2 heterocycles. The number of aromatic nitrogens is 2. The highest BCUT2D eigenvalue weighted by molar-refractivity contribution is 6.99. The smallest absolute Gasteiger partial charge is 0.271 e. The van der Waals surface area contributed by atoms with Crippen molar-refractivity contribution in [2.75, 3.05) is 4.90 Å². The summed E-state index contributed by atoms with van der Waals surface area (Å²) in [4.78, 5) is 2.38. The van der Waals surface area contributed by atoms with Crippen molar-refractivity contribution in [2.24, 2.45) is 0 Å². The van der Waals surface area contributed by atoms with E-state index in [0.29, 0.717) is 24.6 Å². The van der Waals surface area contributed by atoms with Gasteiger partial charge in [0.15, 0.2) is 0 Å². The molecule has 0 radical (unpaired) electrons. The first kappa shape index (κ1) is 15.3. The predicted molar refractivity (Wildman–Crippen MR) is 90.7 cm³/mol. The molecule has 0 aliphatic carbocycles. The summed E-state index contributed by atoms with van der Waals surface area (Å²) in [6.07, 6.45) is 3.70. The highest BCUT2D eigenvalue weighted by Gasteiger charge is 2.29.